The maximum Gasteiger partial charge on any atom is 0.150 e. The smallest absolute Gasteiger partial charge is 0.150 e. The van der Waals surface area contributed by atoms with E-state index in [0.717, 1.165) is 34.6 Å². The molecular weight excluding hydrogens is 408 g/mol. The van der Waals surface area contributed by atoms with Crippen molar-refractivity contribution in [3.63, 3.8) is 0 Å². The first kappa shape index (κ1) is 24.4. The van der Waals surface area contributed by atoms with Crippen molar-refractivity contribution in [2.75, 3.05) is 0 Å². The number of benzene rings is 2. The van der Waals surface area contributed by atoms with Gasteiger partial charge in [0, 0.05) is 36.6 Å². The monoisotopic (exact) mass is 442 g/mol. The van der Waals surface area contributed by atoms with Crippen LogP contribution in [0.5, 0.6) is 0 Å². The lowest BCUT2D eigenvalue weighted by Gasteiger charge is -2.13. The third kappa shape index (κ3) is 7.99. The number of nitrogens with one attached hydrogen (secondary N) is 1. The summed E-state index contributed by atoms with van der Waals surface area (Å²) in [6.45, 7) is 7.11. The van der Waals surface area contributed by atoms with Gasteiger partial charge in [-0.1, -0.05) is 87.7 Å². The number of hydrogen-bond donors (Lipinski definition) is 2. The molecule has 0 spiro atoms. The molecule has 0 amide bonds. The molecule has 4 nitrogen and oxygen atoms in total. The minimum atomic E-state index is -0.758. The van der Waals surface area contributed by atoms with Crippen LogP contribution in [-0.4, -0.2) is 16.4 Å². The van der Waals surface area contributed by atoms with E-state index in [0.29, 0.717) is 24.1 Å². The molecule has 4 rings (SSSR count). The molecular formula is C29H34N2O2. The molecule has 33 heavy (non-hydrogen) atoms. The summed E-state index contributed by atoms with van der Waals surface area (Å²) in [7, 11) is 0. The number of pyridine rings is 1. The molecule has 0 aliphatic heterocycles. The van der Waals surface area contributed by atoms with Gasteiger partial charge in [0.15, 0.2) is 0 Å². The van der Waals surface area contributed by atoms with Crippen LogP contribution >= 0.6 is 0 Å². The second-order valence-electron chi connectivity index (χ2n) is 8.82. The lowest BCUT2D eigenvalue weighted by atomic mass is 9.98. The first-order valence-electron chi connectivity index (χ1n) is 11.7. The summed E-state index contributed by atoms with van der Waals surface area (Å²) >= 11 is 0. The second-order valence-corrected chi connectivity index (χ2v) is 8.82. The highest BCUT2D eigenvalue weighted by Crippen LogP contribution is 2.24. The van der Waals surface area contributed by atoms with Crippen molar-refractivity contribution < 1.29 is 9.90 Å². The summed E-state index contributed by atoms with van der Waals surface area (Å²) in [5.74, 6) is 1.05. The normalized spacial score (nSPS) is 14.1. The molecule has 172 valence electrons. The largest absolute Gasteiger partial charge is 0.384 e. The van der Waals surface area contributed by atoms with Crippen molar-refractivity contribution in [2.45, 2.75) is 51.7 Å². The van der Waals surface area contributed by atoms with Gasteiger partial charge in [-0.15, -0.1) is 0 Å². The number of allylic oxidation sites excluding steroid dienone is 1. The van der Waals surface area contributed by atoms with Crippen molar-refractivity contribution in [1.82, 2.24) is 10.3 Å². The van der Waals surface area contributed by atoms with Crippen LogP contribution in [0.15, 0.2) is 85.3 Å². The Balaban J connectivity index is 0.000000442. The standard InChI is InChI=1S/C23H22N2O2.C6H12/c1-17(25-15-20-5-3-11-24-14-20)12-18-7-9-21(10-8-18)23(27)22-6-2-4-19(13-22)16-26;1-6-4-2-3-5-6/h2-11,13-14,16,23,25,27H,1,12,15H2;6H,2-5H2,1H3/t23-;/m1./s1. The summed E-state index contributed by atoms with van der Waals surface area (Å²) < 4.78 is 0. The van der Waals surface area contributed by atoms with E-state index in [1.165, 1.54) is 25.7 Å². The summed E-state index contributed by atoms with van der Waals surface area (Å²) in [6.07, 6.45) is 10.3. The zero-order chi connectivity index (χ0) is 23.5. The molecule has 0 bridgehead atoms. The first-order chi connectivity index (χ1) is 16.0. The molecule has 4 heteroatoms. The minimum Gasteiger partial charge on any atom is -0.384 e. The first-order valence-corrected chi connectivity index (χ1v) is 11.7. The zero-order valence-electron chi connectivity index (χ0n) is 19.4. The average molecular weight is 443 g/mol. The number of aliphatic hydroxyl groups is 1. The minimum absolute atomic E-state index is 0.555. The Morgan fingerprint density at radius 1 is 1.09 bits per heavy atom. The quantitative estimate of drug-likeness (QED) is 0.419. The SMILES string of the molecule is C=C(Cc1ccc([C@@H](O)c2cccc(C=O)c2)cc1)NCc1cccnc1.CC1CCCC1. The molecule has 1 heterocycles. The lowest BCUT2D eigenvalue weighted by molar-refractivity contribution is 0.112. The van der Waals surface area contributed by atoms with Gasteiger partial charge in [-0.05, 0) is 40.3 Å². The Kier molecular flexibility index (Phi) is 9.40. The van der Waals surface area contributed by atoms with Crippen LogP contribution in [0.2, 0.25) is 0 Å². The van der Waals surface area contributed by atoms with E-state index in [1.54, 1.807) is 24.4 Å². The maximum atomic E-state index is 10.9. The fourth-order valence-corrected chi connectivity index (χ4v) is 3.98. The van der Waals surface area contributed by atoms with Gasteiger partial charge in [0.05, 0.1) is 0 Å². The van der Waals surface area contributed by atoms with Crippen LogP contribution < -0.4 is 5.32 Å². The van der Waals surface area contributed by atoms with Crippen LogP contribution in [0.1, 0.15) is 71.3 Å². The Hall–Kier alpha value is -3.24. The predicted molar refractivity (Wildman–Crippen MR) is 134 cm³/mol. The van der Waals surface area contributed by atoms with Gasteiger partial charge in [0.2, 0.25) is 0 Å². The van der Waals surface area contributed by atoms with Gasteiger partial charge in [-0.25, -0.2) is 0 Å². The molecule has 1 aromatic heterocycles. The molecule has 1 fully saturated rings. The van der Waals surface area contributed by atoms with E-state index in [4.69, 9.17) is 0 Å². The van der Waals surface area contributed by atoms with Gasteiger partial charge >= 0.3 is 0 Å². The highest BCUT2D eigenvalue weighted by Gasteiger charge is 2.11. The van der Waals surface area contributed by atoms with Crippen LogP contribution in [-0.2, 0) is 13.0 Å². The predicted octanol–water partition coefficient (Wildman–Crippen LogP) is 6.02. The lowest BCUT2D eigenvalue weighted by Crippen LogP contribution is -2.13. The molecule has 2 aromatic carbocycles. The Bertz CT molecular complexity index is 1010. The van der Waals surface area contributed by atoms with Crippen molar-refractivity contribution in [1.29, 1.82) is 0 Å². The number of hydrogen-bond acceptors (Lipinski definition) is 4. The fraction of sp³-hybridized carbons (Fsp3) is 0.310. The van der Waals surface area contributed by atoms with Gasteiger partial charge in [-0.2, -0.15) is 0 Å². The third-order valence-corrected chi connectivity index (χ3v) is 5.98. The maximum absolute atomic E-state index is 10.9. The van der Waals surface area contributed by atoms with E-state index >= 15 is 0 Å². The number of aldehydes is 1. The van der Waals surface area contributed by atoms with Gasteiger partial charge < -0.3 is 10.4 Å². The van der Waals surface area contributed by atoms with E-state index in [-0.39, 0.29) is 0 Å². The molecule has 1 aliphatic carbocycles. The average Bonchev–Trinajstić information content (AvgIpc) is 3.35. The number of carbonyl (C=O) groups is 1. The number of carbonyl (C=O) groups excluding carboxylic acids is 1. The molecule has 1 saturated carbocycles. The molecule has 2 N–H and O–H groups in total. The number of aliphatic hydroxyl groups excluding tert-OH is 1. The highest BCUT2D eigenvalue weighted by molar-refractivity contribution is 5.75. The third-order valence-electron chi connectivity index (χ3n) is 5.98. The number of aromatic nitrogens is 1. The summed E-state index contributed by atoms with van der Waals surface area (Å²) in [5, 5.41) is 13.8. The van der Waals surface area contributed by atoms with Gasteiger partial charge in [-0.3, -0.25) is 9.78 Å². The van der Waals surface area contributed by atoms with Crippen molar-refractivity contribution in [3.8, 4) is 0 Å². The van der Waals surface area contributed by atoms with Crippen LogP contribution in [0.3, 0.4) is 0 Å². The van der Waals surface area contributed by atoms with Crippen molar-refractivity contribution in [2.24, 2.45) is 5.92 Å². The topological polar surface area (TPSA) is 62.2 Å². The molecule has 1 atom stereocenters. The summed E-state index contributed by atoms with van der Waals surface area (Å²) in [6, 6.07) is 18.7. The Morgan fingerprint density at radius 2 is 1.85 bits per heavy atom. The molecule has 1 aliphatic rings. The Labute approximate surface area is 197 Å². The number of rotatable bonds is 8. The van der Waals surface area contributed by atoms with Gasteiger partial charge in [0.1, 0.15) is 12.4 Å². The number of nitrogens with zero attached hydrogens (tertiary/aromatic N) is 1. The second kappa shape index (κ2) is 12.7. The van der Waals surface area contributed by atoms with Gasteiger partial charge in [0.25, 0.3) is 0 Å². The van der Waals surface area contributed by atoms with Crippen LogP contribution in [0.4, 0.5) is 0 Å². The summed E-state index contributed by atoms with van der Waals surface area (Å²) in [5.41, 5.74) is 5.18. The van der Waals surface area contributed by atoms with E-state index < -0.39 is 6.10 Å². The summed E-state index contributed by atoms with van der Waals surface area (Å²) in [4.78, 5) is 15.0. The van der Waals surface area contributed by atoms with E-state index in [2.05, 4.69) is 23.8 Å². The van der Waals surface area contributed by atoms with Crippen molar-refractivity contribution in [3.05, 3.63) is 113 Å². The fourth-order valence-electron chi connectivity index (χ4n) is 3.98. The molecule has 0 radical (unpaired) electrons. The highest BCUT2D eigenvalue weighted by atomic mass is 16.3. The molecule has 0 saturated heterocycles. The Morgan fingerprint density at radius 3 is 2.45 bits per heavy atom. The molecule has 3 aromatic rings. The van der Waals surface area contributed by atoms with Crippen LogP contribution in [0.25, 0.3) is 0 Å². The van der Waals surface area contributed by atoms with Crippen molar-refractivity contribution >= 4 is 6.29 Å². The zero-order valence-corrected chi connectivity index (χ0v) is 19.4. The van der Waals surface area contributed by atoms with E-state index in [9.17, 15) is 9.90 Å². The molecule has 0 unspecified atom stereocenters. The van der Waals surface area contributed by atoms with Crippen LogP contribution in [0, 0.1) is 5.92 Å². The van der Waals surface area contributed by atoms with E-state index in [1.807, 2.05) is 48.7 Å².